The van der Waals surface area contributed by atoms with Gasteiger partial charge in [0.15, 0.2) is 0 Å². The van der Waals surface area contributed by atoms with E-state index in [1.807, 2.05) is 11.8 Å². The average Bonchev–Trinajstić information content (AvgIpc) is 3.03. The van der Waals surface area contributed by atoms with Crippen LogP contribution in [0.3, 0.4) is 0 Å². The summed E-state index contributed by atoms with van der Waals surface area (Å²) in [6, 6.07) is 6.19. The van der Waals surface area contributed by atoms with Crippen LogP contribution in [0.1, 0.15) is 31.2 Å². The predicted octanol–water partition coefficient (Wildman–Crippen LogP) is 0.648. The van der Waals surface area contributed by atoms with Gasteiger partial charge in [-0.05, 0) is 49.8 Å². The van der Waals surface area contributed by atoms with E-state index in [1.165, 1.54) is 0 Å². The zero-order valence-corrected chi connectivity index (χ0v) is 15.6. The van der Waals surface area contributed by atoms with Crippen molar-refractivity contribution in [1.82, 2.24) is 19.7 Å². The highest BCUT2D eigenvalue weighted by Gasteiger charge is 2.27. The molecule has 4 N–H and O–H groups in total. The number of carbonyl (C=O) groups is 1. The van der Waals surface area contributed by atoms with Crippen LogP contribution >= 0.6 is 0 Å². The lowest BCUT2D eigenvalue weighted by Gasteiger charge is -2.33. The second-order valence-corrected chi connectivity index (χ2v) is 7.14. The van der Waals surface area contributed by atoms with Crippen molar-refractivity contribution in [2.24, 2.45) is 11.7 Å². The van der Waals surface area contributed by atoms with Crippen LogP contribution in [0, 0.1) is 5.92 Å². The number of hydrogen-bond donors (Lipinski definition) is 3. The average molecular weight is 373 g/mol. The van der Waals surface area contributed by atoms with Crippen molar-refractivity contribution in [2.45, 2.75) is 45.2 Å². The first kappa shape index (κ1) is 19.2. The van der Waals surface area contributed by atoms with Gasteiger partial charge in [0.05, 0.1) is 6.04 Å². The van der Waals surface area contributed by atoms with E-state index in [0.29, 0.717) is 32.0 Å². The first-order valence-corrected chi connectivity index (χ1v) is 9.44. The molecule has 1 aliphatic rings. The molecule has 8 heteroatoms. The number of piperidine rings is 1. The molecule has 27 heavy (non-hydrogen) atoms. The molecular formula is C19H27N5O3. The first-order chi connectivity index (χ1) is 13.0. The van der Waals surface area contributed by atoms with Gasteiger partial charge >= 0.3 is 5.69 Å². The molecule has 0 unspecified atom stereocenters. The molecule has 0 radical (unpaired) electrons. The molecule has 0 aliphatic carbocycles. The maximum atomic E-state index is 12.6. The van der Waals surface area contributed by atoms with Crippen LogP contribution in [0.15, 0.2) is 29.1 Å². The molecular weight excluding hydrogens is 346 g/mol. The Labute approximate surface area is 158 Å². The lowest BCUT2D eigenvalue weighted by Crippen LogP contribution is -2.48. The molecule has 1 aliphatic heterocycles. The topological polar surface area (TPSA) is 117 Å². The van der Waals surface area contributed by atoms with E-state index >= 15 is 0 Å². The van der Waals surface area contributed by atoms with Gasteiger partial charge in [-0.25, -0.2) is 9.89 Å². The molecule has 2 aromatic rings. The van der Waals surface area contributed by atoms with E-state index < -0.39 is 6.04 Å². The van der Waals surface area contributed by atoms with Gasteiger partial charge in [0, 0.05) is 26.1 Å². The van der Waals surface area contributed by atoms with Crippen LogP contribution < -0.4 is 11.4 Å². The van der Waals surface area contributed by atoms with Gasteiger partial charge in [0.25, 0.3) is 0 Å². The number of nitrogens with zero attached hydrogens (tertiary/aromatic N) is 3. The fourth-order valence-corrected chi connectivity index (χ4v) is 3.66. The summed E-state index contributed by atoms with van der Waals surface area (Å²) in [6.07, 6.45) is 2.95. The van der Waals surface area contributed by atoms with Gasteiger partial charge in [0.2, 0.25) is 5.91 Å². The number of amides is 1. The number of aromatic amines is 1. The smallest absolute Gasteiger partial charge is 0.343 e. The van der Waals surface area contributed by atoms with Crippen LogP contribution in [-0.2, 0) is 24.2 Å². The van der Waals surface area contributed by atoms with Crippen LogP contribution in [-0.4, -0.2) is 49.8 Å². The third kappa shape index (κ3) is 4.57. The van der Waals surface area contributed by atoms with Crippen molar-refractivity contribution in [3.8, 4) is 5.75 Å². The molecule has 0 bridgehead atoms. The normalized spacial score (nSPS) is 16.4. The predicted molar refractivity (Wildman–Crippen MR) is 101 cm³/mol. The summed E-state index contributed by atoms with van der Waals surface area (Å²) in [5, 5.41) is 16.0. The summed E-state index contributed by atoms with van der Waals surface area (Å²) in [6.45, 7) is 3.88. The van der Waals surface area contributed by atoms with Crippen LogP contribution in [0.25, 0.3) is 0 Å². The number of phenolic OH excluding ortho intramolecular Hbond substituents is 1. The van der Waals surface area contributed by atoms with Crippen molar-refractivity contribution in [1.29, 1.82) is 0 Å². The van der Waals surface area contributed by atoms with E-state index in [9.17, 15) is 14.7 Å². The highest BCUT2D eigenvalue weighted by Crippen LogP contribution is 2.21. The maximum absolute atomic E-state index is 12.6. The van der Waals surface area contributed by atoms with Crippen molar-refractivity contribution in [3.63, 3.8) is 0 Å². The third-order valence-electron chi connectivity index (χ3n) is 5.26. The number of benzene rings is 1. The Kier molecular flexibility index (Phi) is 5.95. The first-order valence-electron chi connectivity index (χ1n) is 9.44. The van der Waals surface area contributed by atoms with Crippen molar-refractivity contribution >= 4 is 5.91 Å². The van der Waals surface area contributed by atoms with Gasteiger partial charge in [-0.2, -0.15) is 5.10 Å². The molecule has 1 saturated heterocycles. The second kappa shape index (κ2) is 8.39. The number of likely N-dealkylation sites (tertiary alicyclic amines) is 1. The zero-order chi connectivity index (χ0) is 19.4. The molecule has 1 amide bonds. The summed E-state index contributed by atoms with van der Waals surface area (Å²) in [4.78, 5) is 26.1. The molecule has 2 heterocycles. The summed E-state index contributed by atoms with van der Waals surface area (Å²) in [7, 11) is 0. The largest absolute Gasteiger partial charge is 0.508 e. The van der Waals surface area contributed by atoms with Crippen LogP contribution in [0.2, 0.25) is 0 Å². The van der Waals surface area contributed by atoms with Crippen molar-refractivity contribution in [2.75, 3.05) is 13.1 Å². The summed E-state index contributed by atoms with van der Waals surface area (Å²) >= 11 is 0. The van der Waals surface area contributed by atoms with E-state index in [2.05, 4.69) is 10.2 Å². The lowest BCUT2D eigenvalue weighted by molar-refractivity contribution is -0.134. The fourth-order valence-electron chi connectivity index (χ4n) is 3.66. The second-order valence-electron chi connectivity index (χ2n) is 7.14. The minimum atomic E-state index is -0.581. The minimum Gasteiger partial charge on any atom is -0.508 e. The molecule has 0 saturated carbocycles. The number of nitrogens with two attached hydrogens (primary N) is 1. The summed E-state index contributed by atoms with van der Waals surface area (Å²) in [5.74, 6) is 1.36. The van der Waals surface area contributed by atoms with Gasteiger partial charge < -0.3 is 15.7 Å². The molecule has 8 nitrogen and oxygen atoms in total. The summed E-state index contributed by atoms with van der Waals surface area (Å²) < 4.78 is 1.66. The maximum Gasteiger partial charge on any atom is 0.343 e. The molecule has 1 atom stereocenters. The third-order valence-corrected chi connectivity index (χ3v) is 5.26. The Morgan fingerprint density at radius 2 is 2.00 bits per heavy atom. The molecule has 146 valence electrons. The fraction of sp³-hybridized carbons (Fsp3) is 0.526. The Hall–Kier alpha value is -2.61. The number of H-pyrrole nitrogens is 1. The van der Waals surface area contributed by atoms with Crippen molar-refractivity contribution < 1.29 is 9.90 Å². The number of carbonyl (C=O) groups excluding carboxylic acids is 1. The molecule has 1 aromatic heterocycles. The highest BCUT2D eigenvalue weighted by atomic mass is 16.3. The number of rotatable bonds is 6. The quantitative estimate of drug-likeness (QED) is 0.687. The minimum absolute atomic E-state index is 0.0354. The van der Waals surface area contributed by atoms with Gasteiger partial charge in [-0.15, -0.1) is 0 Å². The van der Waals surface area contributed by atoms with Crippen LogP contribution in [0.5, 0.6) is 5.75 Å². The van der Waals surface area contributed by atoms with E-state index in [0.717, 1.165) is 30.7 Å². The Balaban J connectivity index is 1.51. The summed E-state index contributed by atoms with van der Waals surface area (Å²) in [5.41, 5.74) is 6.87. The number of aromatic hydroxyl groups is 1. The van der Waals surface area contributed by atoms with E-state index in [-0.39, 0.29) is 17.3 Å². The van der Waals surface area contributed by atoms with Crippen molar-refractivity contribution in [3.05, 3.63) is 46.1 Å². The molecule has 1 fully saturated rings. The van der Waals surface area contributed by atoms with Gasteiger partial charge in [0.1, 0.15) is 11.6 Å². The molecule has 3 rings (SSSR count). The Morgan fingerprint density at radius 3 is 2.63 bits per heavy atom. The number of nitrogens with one attached hydrogen (secondary N) is 1. The highest BCUT2D eigenvalue weighted by molar-refractivity contribution is 5.82. The SMILES string of the molecule is CCn1c(CC2CCN(C(=O)[C@@H](N)Cc3ccc(O)cc3)CC2)n[nH]c1=O. The van der Waals surface area contributed by atoms with E-state index in [1.54, 1.807) is 28.8 Å². The standard InChI is InChI=1S/C19H27N5O3/c1-2-24-17(21-22-19(24)27)12-14-7-9-23(10-8-14)18(26)16(20)11-13-3-5-15(25)6-4-13/h3-6,14,16,25H,2,7-12,20H2,1H3,(H,22,27)/t16-/m0/s1. The van der Waals surface area contributed by atoms with Gasteiger partial charge in [-0.3, -0.25) is 9.36 Å². The number of hydrogen-bond acceptors (Lipinski definition) is 5. The lowest BCUT2D eigenvalue weighted by atomic mass is 9.92. The Bertz CT molecular complexity index is 819. The zero-order valence-electron chi connectivity index (χ0n) is 15.6. The number of aromatic nitrogens is 3. The number of phenols is 1. The monoisotopic (exact) mass is 373 g/mol. The Morgan fingerprint density at radius 1 is 1.33 bits per heavy atom. The van der Waals surface area contributed by atoms with Gasteiger partial charge in [-0.1, -0.05) is 12.1 Å². The van der Waals surface area contributed by atoms with Crippen LogP contribution in [0.4, 0.5) is 0 Å². The van der Waals surface area contributed by atoms with E-state index in [4.69, 9.17) is 5.73 Å². The molecule has 1 aromatic carbocycles. The molecule has 0 spiro atoms.